The van der Waals surface area contributed by atoms with Gasteiger partial charge < -0.3 is 10.1 Å². The molecule has 0 aliphatic rings. The van der Waals surface area contributed by atoms with E-state index in [1.807, 2.05) is 23.0 Å². The summed E-state index contributed by atoms with van der Waals surface area (Å²) >= 11 is 0. The molecular weight excluding hydrogens is 226 g/mol. The summed E-state index contributed by atoms with van der Waals surface area (Å²) in [6, 6.07) is 12.4. The van der Waals surface area contributed by atoms with Crippen molar-refractivity contribution in [3.63, 3.8) is 0 Å². The third kappa shape index (κ3) is 3.68. The normalized spacial score (nSPS) is 10.7. The summed E-state index contributed by atoms with van der Waals surface area (Å²) in [5.41, 5.74) is 2.45. The maximum absolute atomic E-state index is 5.00. The van der Waals surface area contributed by atoms with Gasteiger partial charge in [0.25, 0.3) is 0 Å². The van der Waals surface area contributed by atoms with Crippen LogP contribution in [0.1, 0.15) is 11.3 Å². The first kappa shape index (κ1) is 12.8. The molecule has 4 nitrogen and oxygen atoms in total. The fraction of sp³-hybridized carbons (Fsp3) is 0.357. The molecule has 1 aromatic heterocycles. The predicted molar refractivity (Wildman–Crippen MR) is 71.4 cm³/mol. The molecule has 0 unspecified atom stereocenters. The van der Waals surface area contributed by atoms with Crippen LogP contribution in [0, 0.1) is 0 Å². The highest BCUT2D eigenvalue weighted by Gasteiger charge is 2.02. The van der Waals surface area contributed by atoms with Crippen molar-refractivity contribution in [2.75, 3.05) is 20.3 Å². The molecule has 96 valence electrons. The van der Waals surface area contributed by atoms with E-state index in [0.29, 0.717) is 0 Å². The molecule has 0 fully saturated rings. The average Bonchev–Trinajstić information content (AvgIpc) is 2.83. The Labute approximate surface area is 108 Å². The predicted octanol–water partition coefficient (Wildman–Crippen LogP) is 1.67. The van der Waals surface area contributed by atoms with Gasteiger partial charge in [-0.2, -0.15) is 5.10 Å². The Kier molecular flexibility index (Phi) is 4.93. The molecule has 0 aliphatic carbocycles. The van der Waals surface area contributed by atoms with Crippen molar-refractivity contribution in [3.05, 3.63) is 53.9 Å². The Morgan fingerprint density at radius 2 is 2.06 bits per heavy atom. The van der Waals surface area contributed by atoms with Gasteiger partial charge in [0.15, 0.2) is 0 Å². The first-order valence-corrected chi connectivity index (χ1v) is 6.14. The molecule has 0 bridgehead atoms. The number of methoxy groups -OCH3 is 1. The number of aromatic nitrogens is 2. The summed E-state index contributed by atoms with van der Waals surface area (Å²) in [5, 5.41) is 7.68. The highest BCUT2D eigenvalue weighted by molar-refractivity contribution is 5.15. The molecule has 1 heterocycles. The van der Waals surface area contributed by atoms with Gasteiger partial charge in [-0.1, -0.05) is 30.3 Å². The Hall–Kier alpha value is -1.65. The average molecular weight is 245 g/mol. The van der Waals surface area contributed by atoms with Crippen LogP contribution in [-0.4, -0.2) is 30.0 Å². The van der Waals surface area contributed by atoms with Gasteiger partial charge in [-0.15, -0.1) is 0 Å². The molecule has 0 saturated carbocycles. The van der Waals surface area contributed by atoms with E-state index in [1.54, 1.807) is 7.11 Å². The van der Waals surface area contributed by atoms with Crippen molar-refractivity contribution >= 4 is 0 Å². The minimum absolute atomic E-state index is 0.729. The van der Waals surface area contributed by atoms with E-state index in [9.17, 15) is 0 Å². The zero-order valence-electron chi connectivity index (χ0n) is 10.7. The Balaban J connectivity index is 1.91. The molecule has 0 saturated heterocycles. The lowest BCUT2D eigenvalue weighted by Crippen LogP contribution is -2.21. The van der Waals surface area contributed by atoms with Crippen LogP contribution in [0.15, 0.2) is 42.6 Å². The van der Waals surface area contributed by atoms with Gasteiger partial charge in [0, 0.05) is 26.4 Å². The lowest BCUT2D eigenvalue weighted by atomic mass is 10.2. The minimum atomic E-state index is 0.729. The maximum Gasteiger partial charge on any atom is 0.0663 e. The molecule has 4 heteroatoms. The van der Waals surface area contributed by atoms with Gasteiger partial charge in [-0.05, 0) is 11.6 Å². The van der Waals surface area contributed by atoms with Gasteiger partial charge in [-0.3, -0.25) is 4.68 Å². The molecule has 1 aromatic carbocycles. The van der Waals surface area contributed by atoms with Crippen molar-refractivity contribution in [2.45, 2.75) is 13.1 Å². The van der Waals surface area contributed by atoms with E-state index >= 15 is 0 Å². The van der Waals surface area contributed by atoms with Crippen LogP contribution in [-0.2, 0) is 17.8 Å². The molecule has 1 N–H and O–H groups in total. The van der Waals surface area contributed by atoms with Crippen LogP contribution in [0.25, 0.3) is 0 Å². The number of nitrogens with zero attached hydrogens (tertiary/aromatic N) is 2. The zero-order valence-corrected chi connectivity index (χ0v) is 10.7. The summed E-state index contributed by atoms with van der Waals surface area (Å²) < 4.78 is 7.03. The molecule has 0 radical (unpaired) electrons. The van der Waals surface area contributed by atoms with Crippen LogP contribution in [0.3, 0.4) is 0 Å². The van der Waals surface area contributed by atoms with Crippen LogP contribution in [0.4, 0.5) is 0 Å². The van der Waals surface area contributed by atoms with Gasteiger partial charge in [0.1, 0.15) is 0 Å². The molecule has 0 amide bonds. The number of rotatable bonds is 7. The smallest absolute Gasteiger partial charge is 0.0663 e. The van der Waals surface area contributed by atoms with Crippen LogP contribution < -0.4 is 5.32 Å². The fourth-order valence-corrected chi connectivity index (χ4v) is 1.80. The number of benzene rings is 1. The van der Waals surface area contributed by atoms with E-state index < -0.39 is 0 Å². The molecular formula is C14H19N3O. The summed E-state index contributed by atoms with van der Waals surface area (Å²) in [6.45, 7) is 3.21. The Morgan fingerprint density at radius 3 is 2.83 bits per heavy atom. The summed E-state index contributed by atoms with van der Waals surface area (Å²) in [4.78, 5) is 0. The van der Waals surface area contributed by atoms with Crippen molar-refractivity contribution in [1.29, 1.82) is 0 Å². The zero-order chi connectivity index (χ0) is 12.6. The largest absolute Gasteiger partial charge is 0.383 e. The second kappa shape index (κ2) is 6.93. The van der Waals surface area contributed by atoms with Crippen molar-refractivity contribution in [2.24, 2.45) is 0 Å². The highest BCUT2D eigenvalue weighted by Crippen LogP contribution is 2.05. The Bertz CT molecular complexity index is 453. The first-order chi connectivity index (χ1) is 8.90. The van der Waals surface area contributed by atoms with E-state index in [-0.39, 0.29) is 0 Å². The van der Waals surface area contributed by atoms with E-state index in [0.717, 1.165) is 26.2 Å². The SMILES string of the molecule is COCCNCc1ccnn1Cc1ccccc1. The molecule has 0 aliphatic heterocycles. The fourth-order valence-electron chi connectivity index (χ4n) is 1.80. The van der Waals surface area contributed by atoms with Crippen LogP contribution in [0.5, 0.6) is 0 Å². The van der Waals surface area contributed by atoms with Gasteiger partial charge >= 0.3 is 0 Å². The van der Waals surface area contributed by atoms with E-state index in [2.05, 4.69) is 34.7 Å². The second-order valence-corrected chi connectivity index (χ2v) is 4.14. The third-order valence-electron chi connectivity index (χ3n) is 2.77. The minimum Gasteiger partial charge on any atom is -0.383 e. The van der Waals surface area contributed by atoms with Crippen molar-refractivity contribution < 1.29 is 4.74 Å². The summed E-state index contributed by atoms with van der Waals surface area (Å²) in [7, 11) is 1.71. The van der Waals surface area contributed by atoms with E-state index in [1.165, 1.54) is 11.3 Å². The molecule has 0 atom stereocenters. The molecule has 0 spiro atoms. The number of nitrogens with one attached hydrogen (secondary N) is 1. The molecule has 2 rings (SSSR count). The lowest BCUT2D eigenvalue weighted by molar-refractivity contribution is 0.199. The van der Waals surface area contributed by atoms with Gasteiger partial charge in [0.05, 0.1) is 18.8 Å². The quantitative estimate of drug-likeness (QED) is 0.754. The summed E-state index contributed by atoms with van der Waals surface area (Å²) in [5.74, 6) is 0. The van der Waals surface area contributed by atoms with Crippen LogP contribution in [0.2, 0.25) is 0 Å². The van der Waals surface area contributed by atoms with Gasteiger partial charge in [0.2, 0.25) is 0 Å². The third-order valence-corrected chi connectivity index (χ3v) is 2.77. The number of ether oxygens (including phenoxy) is 1. The lowest BCUT2D eigenvalue weighted by Gasteiger charge is -2.08. The maximum atomic E-state index is 5.00. The molecule has 18 heavy (non-hydrogen) atoms. The topological polar surface area (TPSA) is 39.1 Å². The number of hydrogen-bond acceptors (Lipinski definition) is 3. The first-order valence-electron chi connectivity index (χ1n) is 6.14. The van der Waals surface area contributed by atoms with E-state index in [4.69, 9.17) is 4.74 Å². The number of hydrogen-bond donors (Lipinski definition) is 1. The highest BCUT2D eigenvalue weighted by atomic mass is 16.5. The van der Waals surface area contributed by atoms with Crippen molar-refractivity contribution in [1.82, 2.24) is 15.1 Å². The van der Waals surface area contributed by atoms with Crippen molar-refractivity contribution in [3.8, 4) is 0 Å². The van der Waals surface area contributed by atoms with Crippen LogP contribution >= 0.6 is 0 Å². The monoisotopic (exact) mass is 245 g/mol. The Morgan fingerprint density at radius 1 is 1.22 bits per heavy atom. The standard InChI is InChI=1S/C14H19N3O/c1-18-10-9-15-11-14-7-8-16-17(14)12-13-5-3-2-4-6-13/h2-8,15H,9-12H2,1H3. The second-order valence-electron chi connectivity index (χ2n) is 4.14. The summed E-state index contributed by atoms with van der Waals surface area (Å²) in [6.07, 6.45) is 1.84. The van der Waals surface area contributed by atoms with Gasteiger partial charge in [-0.25, -0.2) is 0 Å². The molecule has 2 aromatic rings.